The van der Waals surface area contributed by atoms with Gasteiger partial charge in [-0.25, -0.2) is 8.42 Å². The third-order valence-electron chi connectivity index (χ3n) is 5.20. The zero-order chi connectivity index (χ0) is 22.4. The van der Waals surface area contributed by atoms with Crippen molar-refractivity contribution in [1.82, 2.24) is 0 Å². The van der Waals surface area contributed by atoms with Gasteiger partial charge in [0.15, 0.2) is 0 Å². The third-order valence-corrected chi connectivity index (χ3v) is 7.12. The van der Waals surface area contributed by atoms with Crippen LogP contribution in [0.1, 0.15) is 16.7 Å². The Morgan fingerprint density at radius 2 is 1.22 bits per heavy atom. The Morgan fingerprint density at radius 1 is 0.688 bits per heavy atom. The molecule has 0 heterocycles. The molecule has 0 spiro atoms. The molecule has 0 aliphatic rings. The molecule has 0 atom stereocenters. The van der Waals surface area contributed by atoms with E-state index < -0.39 is 9.84 Å². The lowest BCUT2D eigenvalue weighted by molar-refractivity contribution is 0.605. The van der Waals surface area contributed by atoms with Crippen molar-refractivity contribution in [1.29, 1.82) is 0 Å². The Kier molecular flexibility index (Phi) is 6.52. The van der Waals surface area contributed by atoms with E-state index in [1.807, 2.05) is 97.9 Å². The van der Waals surface area contributed by atoms with Gasteiger partial charge in [0.1, 0.15) is 0 Å². The van der Waals surface area contributed by atoms with Gasteiger partial charge < -0.3 is 5.32 Å². The average molecular weight is 440 g/mol. The summed E-state index contributed by atoms with van der Waals surface area (Å²) in [5, 5.41) is 3.43. The number of rotatable bonds is 7. The molecular weight excluding hydrogens is 414 g/mol. The molecule has 0 amide bonds. The smallest absolute Gasteiger partial charge is 0.208 e. The summed E-state index contributed by atoms with van der Waals surface area (Å²) in [6.45, 7) is 2.03. The predicted molar refractivity (Wildman–Crippen MR) is 132 cm³/mol. The summed E-state index contributed by atoms with van der Waals surface area (Å²) < 4.78 is 27.8. The first-order chi connectivity index (χ1) is 15.5. The van der Waals surface area contributed by atoms with Crippen LogP contribution in [0.15, 0.2) is 126 Å². The topological polar surface area (TPSA) is 46.2 Å². The molecule has 0 aromatic heterocycles. The molecule has 0 bridgehead atoms. The van der Waals surface area contributed by atoms with Crippen molar-refractivity contribution in [2.75, 3.05) is 5.32 Å². The maximum Gasteiger partial charge on any atom is 0.208 e. The van der Waals surface area contributed by atoms with Crippen LogP contribution in [0.5, 0.6) is 0 Å². The summed E-state index contributed by atoms with van der Waals surface area (Å²) >= 11 is 0. The van der Waals surface area contributed by atoms with Crippen LogP contribution >= 0.6 is 0 Å². The third kappa shape index (κ3) is 4.98. The normalized spacial score (nSPS) is 12.2. The summed E-state index contributed by atoms with van der Waals surface area (Å²) in [6, 6.07) is 35.8. The van der Waals surface area contributed by atoms with Crippen LogP contribution in [-0.4, -0.2) is 8.42 Å². The highest BCUT2D eigenvalue weighted by atomic mass is 32.2. The fraction of sp³-hybridized carbons (Fsp3) is 0.0714. The van der Waals surface area contributed by atoms with Gasteiger partial charge in [0.05, 0.1) is 9.80 Å². The number of sulfone groups is 1. The number of aryl methyl sites for hydroxylation is 1. The van der Waals surface area contributed by atoms with Gasteiger partial charge in [-0.2, -0.15) is 0 Å². The Labute approximate surface area is 190 Å². The number of allylic oxidation sites excluding steroid dienone is 1. The second-order valence-corrected chi connectivity index (χ2v) is 9.53. The molecule has 32 heavy (non-hydrogen) atoms. The molecule has 160 valence electrons. The summed E-state index contributed by atoms with van der Waals surface area (Å²) in [6.07, 6.45) is 0.449. The molecule has 4 heteroatoms. The minimum absolute atomic E-state index is 0.273. The lowest BCUT2D eigenvalue weighted by atomic mass is 10.1. The van der Waals surface area contributed by atoms with Crippen LogP contribution in [0.25, 0.3) is 4.91 Å². The van der Waals surface area contributed by atoms with Gasteiger partial charge in [-0.1, -0.05) is 96.6 Å². The van der Waals surface area contributed by atoms with Crippen molar-refractivity contribution in [2.45, 2.75) is 18.2 Å². The van der Waals surface area contributed by atoms with Crippen LogP contribution in [-0.2, 0) is 16.3 Å². The molecule has 0 aliphatic heterocycles. The van der Waals surface area contributed by atoms with E-state index in [0.29, 0.717) is 17.7 Å². The lowest BCUT2D eigenvalue weighted by Gasteiger charge is -2.19. The number of hydrogen-bond acceptors (Lipinski definition) is 3. The maximum atomic E-state index is 13.9. The van der Waals surface area contributed by atoms with E-state index in [-0.39, 0.29) is 9.80 Å². The standard InChI is InChI=1S/C28H25NO2S/c1-22-17-19-25(20-18-22)29-27(21-23-11-5-2-6-12-23)28(24-13-7-3-8-14-24)32(30,31)26-15-9-4-10-16-26/h2-20,29H,21H2,1H3/b28-27-. The van der Waals surface area contributed by atoms with E-state index in [1.165, 1.54) is 0 Å². The molecule has 4 aromatic carbocycles. The minimum Gasteiger partial charge on any atom is -0.358 e. The maximum absolute atomic E-state index is 13.9. The predicted octanol–water partition coefficient (Wildman–Crippen LogP) is 6.49. The van der Waals surface area contributed by atoms with E-state index in [9.17, 15) is 8.42 Å². The summed E-state index contributed by atoms with van der Waals surface area (Å²) in [5.74, 6) is 0. The largest absolute Gasteiger partial charge is 0.358 e. The fourth-order valence-corrected chi connectivity index (χ4v) is 5.24. The Bertz CT molecular complexity index is 1300. The van der Waals surface area contributed by atoms with Gasteiger partial charge in [0, 0.05) is 17.8 Å². The molecule has 0 saturated carbocycles. The fourth-order valence-electron chi connectivity index (χ4n) is 3.59. The van der Waals surface area contributed by atoms with E-state index in [1.54, 1.807) is 24.3 Å². The molecule has 0 radical (unpaired) electrons. The zero-order valence-electron chi connectivity index (χ0n) is 17.9. The van der Waals surface area contributed by atoms with Crippen LogP contribution in [0.2, 0.25) is 0 Å². The minimum atomic E-state index is -3.78. The number of benzene rings is 4. The van der Waals surface area contributed by atoms with Crippen molar-refractivity contribution in [3.63, 3.8) is 0 Å². The Hall–Kier alpha value is -3.63. The quantitative estimate of drug-likeness (QED) is 0.358. The Morgan fingerprint density at radius 3 is 1.81 bits per heavy atom. The molecule has 0 fully saturated rings. The van der Waals surface area contributed by atoms with Crippen molar-refractivity contribution in [2.24, 2.45) is 0 Å². The van der Waals surface area contributed by atoms with Gasteiger partial charge in [-0.05, 0) is 42.3 Å². The van der Waals surface area contributed by atoms with Gasteiger partial charge in [0.2, 0.25) is 9.84 Å². The van der Waals surface area contributed by atoms with Crippen molar-refractivity contribution in [3.8, 4) is 0 Å². The lowest BCUT2D eigenvalue weighted by Crippen LogP contribution is -2.14. The van der Waals surface area contributed by atoms with Crippen molar-refractivity contribution < 1.29 is 8.42 Å². The first-order valence-corrected chi connectivity index (χ1v) is 12.0. The first-order valence-electron chi connectivity index (χ1n) is 10.5. The first kappa shape index (κ1) is 21.6. The number of hydrogen-bond donors (Lipinski definition) is 1. The molecule has 4 aromatic rings. The van der Waals surface area contributed by atoms with Crippen LogP contribution in [0.3, 0.4) is 0 Å². The van der Waals surface area contributed by atoms with E-state index in [2.05, 4.69) is 5.32 Å². The van der Waals surface area contributed by atoms with Crippen molar-refractivity contribution >= 4 is 20.4 Å². The number of anilines is 1. The van der Waals surface area contributed by atoms with E-state index >= 15 is 0 Å². The molecule has 4 rings (SSSR count). The Balaban J connectivity index is 1.94. The highest BCUT2D eigenvalue weighted by Gasteiger charge is 2.26. The molecular formula is C28H25NO2S. The second kappa shape index (κ2) is 9.67. The highest BCUT2D eigenvalue weighted by Crippen LogP contribution is 2.33. The van der Waals surface area contributed by atoms with Gasteiger partial charge in [0.25, 0.3) is 0 Å². The monoisotopic (exact) mass is 439 g/mol. The van der Waals surface area contributed by atoms with Gasteiger partial charge in [-0.15, -0.1) is 0 Å². The van der Waals surface area contributed by atoms with Crippen LogP contribution in [0, 0.1) is 6.92 Å². The summed E-state index contributed by atoms with van der Waals surface area (Å²) in [5.41, 5.74) is 4.30. The second-order valence-electron chi connectivity index (χ2n) is 7.64. The van der Waals surface area contributed by atoms with Gasteiger partial charge in [-0.3, -0.25) is 0 Å². The van der Waals surface area contributed by atoms with E-state index in [4.69, 9.17) is 0 Å². The van der Waals surface area contributed by atoms with Crippen LogP contribution < -0.4 is 5.32 Å². The molecule has 3 nitrogen and oxygen atoms in total. The SMILES string of the molecule is Cc1ccc(N/C(Cc2ccccc2)=C(/c2ccccc2)S(=O)(=O)c2ccccc2)cc1. The molecule has 0 unspecified atom stereocenters. The molecule has 1 N–H and O–H groups in total. The number of nitrogens with one attached hydrogen (secondary N) is 1. The zero-order valence-corrected chi connectivity index (χ0v) is 18.7. The van der Waals surface area contributed by atoms with E-state index in [0.717, 1.165) is 16.8 Å². The highest BCUT2D eigenvalue weighted by molar-refractivity contribution is 8.00. The van der Waals surface area contributed by atoms with Gasteiger partial charge >= 0.3 is 0 Å². The molecule has 0 saturated heterocycles. The van der Waals surface area contributed by atoms with Crippen LogP contribution in [0.4, 0.5) is 5.69 Å². The van der Waals surface area contributed by atoms with Crippen molar-refractivity contribution in [3.05, 3.63) is 138 Å². The summed E-state index contributed by atoms with van der Waals surface area (Å²) in [4.78, 5) is 0.559. The molecule has 0 aliphatic carbocycles. The average Bonchev–Trinajstić information content (AvgIpc) is 2.82. The summed E-state index contributed by atoms with van der Waals surface area (Å²) in [7, 11) is -3.78.